The molecule has 1 aliphatic carbocycles. The van der Waals surface area contributed by atoms with Gasteiger partial charge in [0, 0.05) is 13.0 Å². The molecule has 0 spiro atoms. The predicted octanol–water partition coefficient (Wildman–Crippen LogP) is 2.73. The molecule has 0 aliphatic heterocycles. The molecule has 1 amide bonds. The molecule has 0 heterocycles. The quantitative estimate of drug-likeness (QED) is 0.724. The molecular weight excluding hydrogens is 174 g/mol. The van der Waals surface area contributed by atoms with E-state index in [0.29, 0.717) is 5.92 Å². The first-order chi connectivity index (χ1) is 6.79. The van der Waals surface area contributed by atoms with Crippen LogP contribution in [-0.2, 0) is 4.79 Å². The highest BCUT2D eigenvalue weighted by Gasteiger charge is 2.26. The number of carbonyl (C=O) groups is 1. The Kier molecular flexibility index (Phi) is 4.99. The van der Waals surface area contributed by atoms with Crippen molar-refractivity contribution in [1.82, 2.24) is 5.32 Å². The van der Waals surface area contributed by atoms with Gasteiger partial charge in [-0.25, -0.2) is 0 Å². The molecule has 1 fully saturated rings. The molecule has 0 radical (unpaired) electrons. The number of amides is 1. The predicted molar refractivity (Wildman–Crippen MR) is 59.0 cm³/mol. The average molecular weight is 197 g/mol. The second kappa shape index (κ2) is 6.05. The lowest BCUT2D eigenvalue weighted by molar-refractivity contribution is -0.126. The number of hydrogen-bond donors (Lipinski definition) is 1. The fourth-order valence-corrected chi connectivity index (χ4v) is 2.58. The van der Waals surface area contributed by atoms with Crippen molar-refractivity contribution in [1.29, 1.82) is 0 Å². The zero-order valence-electron chi connectivity index (χ0n) is 9.51. The summed E-state index contributed by atoms with van der Waals surface area (Å²) in [5.74, 6) is 1.17. The molecule has 82 valence electrons. The Morgan fingerprint density at radius 2 is 1.86 bits per heavy atom. The molecule has 1 N–H and O–H groups in total. The maximum atomic E-state index is 11.7. The lowest BCUT2D eigenvalue weighted by atomic mass is 9.80. The smallest absolute Gasteiger partial charge is 0.223 e. The zero-order chi connectivity index (χ0) is 10.4. The molecular formula is C12H23NO. The molecule has 0 aromatic carbocycles. The Labute approximate surface area is 87.5 Å². The van der Waals surface area contributed by atoms with Gasteiger partial charge < -0.3 is 5.32 Å². The fraction of sp³-hybridized carbons (Fsp3) is 0.917. The maximum Gasteiger partial charge on any atom is 0.223 e. The van der Waals surface area contributed by atoms with Crippen molar-refractivity contribution >= 4 is 5.91 Å². The maximum absolute atomic E-state index is 11.7. The van der Waals surface area contributed by atoms with E-state index in [0.717, 1.165) is 12.8 Å². The Morgan fingerprint density at radius 3 is 2.43 bits per heavy atom. The van der Waals surface area contributed by atoms with Gasteiger partial charge in [0.2, 0.25) is 5.91 Å². The van der Waals surface area contributed by atoms with Crippen LogP contribution in [0.25, 0.3) is 0 Å². The molecule has 0 aromatic heterocycles. The standard InChI is InChI=1S/C12H23NO/c1-3-10-8-6-4-5-7-9-11(10)12(14)13-2/h10-11H,3-9H2,1-2H3,(H,13,14). The van der Waals surface area contributed by atoms with Crippen LogP contribution in [0.5, 0.6) is 0 Å². The largest absolute Gasteiger partial charge is 0.359 e. The van der Waals surface area contributed by atoms with Crippen molar-refractivity contribution < 1.29 is 4.79 Å². The number of hydrogen-bond acceptors (Lipinski definition) is 1. The normalized spacial score (nSPS) is 29.0. The van der Waals surface area contributed by atoms with Gasteiger partial charge in [0.15, 0.2) is 0 Å². The summed E-state index contributed by atoms with van der Waals surface area (Å²) < 4.78 is 0. The summed E-state index contributed by atoms with van der Waals surface area (Å²) in [5, 5.41) is 2.81. The molecule has 0 saturated heterocycles. The summed E-state index contributed by atoms with van der Waals surface area (Å²) in [7, 11) is 1.76. The molecule has 2 unspecified atom stereocenters. The summed E-state index contributed by atoms with van der Waals surface area (Å²) in [6.07, 6.45) is 8.70. The number of carbonyl (C=O) groups excluding carboxylic acids is 1. The van der Waals surface area contributed by atoms with Crippen molar-refractivity contribution in [2.24, 2.45) is 11.8 Å². The Hall–Kier alpha value is -0.530. The first-order valence-electron chi connectivity index (χ1n) is 6.01. The topological polar surface area (TPSA) is 29.1 Å². The van der Waals surface area contributed by atoms with E-state index in [4.69, 9.17) is 0 Å². The van der Waals surface area contributed by atoms with Crippen molar-refractivity contribution in [2.45, 2.75) is 51.9 Å². The Morgan fingerprint density at radius 1 is 1.21 bits per heavy atom. The molecule has 2 nitrogen and oxygen atoms in total. The Balaban J connectivity index is 2.58. The van der Waals surface area contributed by atoms with E-state index in [-0.39, 0.29) is 11.8 Å². The van der Waals surface area contributed by atoms with E-state index >= 15 is 0 Å². The Bertz CT molecular complexity index is 179. The summed E-state index contributed by atoms with van der Waals surface area (Å²) in [5.41, 5.74) is 0. The van der Waals surface area contributed by atoms with Gasteiger partial charge in [-0.05, 0) is 18.8 Å². The van der Waals surface area contributed by atoms with Gasteiger partial charge in [-0.2, -0.15) is 0 Å². The van der Waals surface area contributed by atoms with E-state index in [9.17, 15) is 4.79 Å². The summed E-state index contributed by atoms with van der Waals surface area (Å²) >= 11 is 0. The van der Waals surface area contributed by atoms with E-state index in [1.54, 1.807) is 7.05 Å². The second-order valence-corrected chi connectivity index (χ2v) is 4.38. The van der Waals surface area contributed by atoms with Crippen LogP contribution >= 0.6 is 0 Å². The van der Waals surface area contributed by atoms with Crippen molar-refractivity contribution in [2.75, 3.05) is 7.05 Å². The van der Waals surface area contributed by atoms with Crippen LogP contribution in [-0.4, -0.2) is 13.0 Å². The fourth-order valence-electron chi connectivity index (χ4n) is 2.58. The summed E-state index contributed by atoms with van der Waals surface area (Å²) in [6, 6.07) is 0. The SMILES string of the molecule is CCC1CCCCCCC1C(=O)NC. The zero-order valence-corrected chi connectivity index (χ0v) is 9.51. The van der Waals surface area contributed by atoms with Gasteiger partial charge in [0.25, 0.3) is 0 Å². The number of nitrogens with one attached hydrogen (secondary N) is 1. The third-order valence-electron chi connectivity index (χ3n) is 3.52. The highest BCUT2D eigenvalue weighted by atomic mass is 16.1. The van der Waals surface area contributed by atoms with Gasteiger partial charge in [0.1, 0.15) is 0 Å². The summed E-state index contributed by atoms with van der Waals surface area (Å²) in [4.78, 5) is 11.7. The van der Waals surface area contributed by atoms with E-state index in [2.05, 4.69) is 12.2 Å². The molecule has 14 heavy (non-hydrogen) atoms. The van der Waals surface area contributed by atoms with Crippen LogP contribution in [0.3, 0.4) is 0 Å². The van der Waals surface area contributed by atoms with Crippen LogP contribution in [0.1, 0.15) is 51.9 Å². The first-order valence-corrected chi connectivity index (χ1v) is 6.01. The van der Waals surface area contributed by atoms with Crippen molar-refractivity contribution in [3.63, 3.8) is 0 Å². The van der Waals surface area contributed by atoms with Crippen LogP contribution in [0.15, 0.2) is 0 Å². The molecule has 2 atom stereocenters. The third kappa shape index (κ3) is 3.00. The van der Waals surface area contributed by atoms with Gasteiger partial charge in [-0.3, -0.25) is 4.79 Å². The highest BCUT2D eigenvalue weighted by Crippen LogP contribution is 2.30. The van der Waals surface area contributed by atoms with Gasteiger partial charge in [0.05, 0.1) is 0 Å². The second-order valence-electron chi connectivity index (χ2n) is 4.38. The number of rotatable bonds is 2. The summed E-state index contributed by atoms with van der Waals surface area (Å²) in [6.45, 7) is 2.21. The molecule has 0 bridgehead atoms. The van der Waals surface area contributed by atoms with Gasteiger partial charge in [-0.15, -0.1) is 0 Å². The van der Waals surface area contributed by atoms with E-state index in [1.807, 2.05) is 0 Å². The van der Waals surface area contributed by atoms with Crippen molar-refractivity contribution in [3.05, 3.63) is 0 Å². The van der Waals surface area contributed by atoms with Crippen LogP contribution in [0.2, 0.25) is 0 Å². The van der Waals surface area contributed by atoms with Crippen LogP contribution < -0.4 is 5.32 Å². The van der Waals surface area contributed by atoms with Gasteiger partial charge in [-0.1, -0.05) is 39.0 Å². The van der Waals surface area contributed by atoms with Crippen molar-refractivity contribution in [3.8, 4) is 0 Å². The first kappa shape index (κ1) is 11.5. The molecule has 2 heteroatoms. The lowest BCUT2D eigenvalue weighted by Gasteiger charge is -2.27. The monoisotopic (exact) mass is 197 g/mol. The van der Waals surface area contributed by atoms with E-state index in [1.165, 1.54) is 32.1 Å². The van der Waals surface area contributed by atoms with Crippen LogP contribution in [0.4, 0.5) is 0 Å². The lowest BCUT2D eigenvalue weighted by Crippen LogP contribution is -2.33. The molecule has 1 rings (SSSR count). The van der Waals surface area contributed by atoms with Crippen LogP contribution in [0, 0.1) is 11.8 Å². The minimum Gasteiger partial charge on any atom is -0.359 e. The average Bonchev–Trinajstić information content (AvgIpc) is 2.17. The van der Waals surface area contributed by atoms with E-state index < -0.39 is 0 Å². The third-order valence-corrected chi connectivity index (χ3v) is 3.52. The molecule has 1 aliphatic rings. The minimum atomic E-state index is 0.263. The minimum absolute atomic E-state index is 0.263. The van der Waals surface area contributed by atoms with Gasteiger partial charge >= 0.3 is 0 Å². The molecule has 0 aromatic rings. The highest BCUT2D eigenvalue weighted by molar-refractivity contribution is 5.78. The molecule has 1 saturated carbocycles.